The number of amides is 1. The second-order valence-electron chi connectivity index (χ2n) is 9.29. The summed E-state index contributed by atoms with van der Waals surface area (Å²) >= 11 is 1.55. The first kappa shape index (κ1) is 21.7. The number of thiazole rings is 1. The molecule has 1 aromatic carbocycles. The highest BCUT2D eigenvalue weighted by Gasteiger charge is 2.25. The highest BCUT2D eigenvalue weighted by Crippen LogP contribution is 2.36. The summed E-state index contributed by atoms with van der Waals surface area (Å²) in [6.07, 6.45) is 3.20. The van der Waals surface area contributed by atoms with Crippen molar-refractivity contribution in [2.45, 2.75) is 58.6 Å². The summed E-state index contributed by atoms with van der Waals surface area (Å²) in [6.45, 7) is 9.74. The number of hydrogen-bond donors (Lipinski definition) is 1. The molecule has 1 amide bonds. The molecule has 0 unspecified atom stereocenters. The van der Waals surface area contributed by atoms with Gasteiger partial charge in [-0.15, -0.1) is 11.3 Å². The van der Waals surface area contributed by atoms with Crippen molar-refractivity contribution in [3.05, 3.63) is 47.1 Å². The molecule has 3 heterocycles. The van der Waals surface area contributed by atoms with Gasteiger partial charge in [-0.1, -0.05) is 29.8 Å². The van der Waals surface area contributed by atoms with Gasteiger partial charge in [0.2, 0.25) is 5.91 Å². The van der Waals surface area contributed by atoms with Crippen molar-refractivity contribution >= 4 is 17.2 Å². The molecule has 1 N–H and O–H groups in total. The average molecular weight is 439 g/mol. The normalized spacial score (nSPS) is 15.5. The largest absolute Gasteiger partial charge is 0.393 e. The van der Waals surface area contributed by atoms with E-state index in [0.29, 0.717) is 32.4 Å². The van der Waals surface area contributed by atoms with Gasteiger partial charge in [0.1, 0.15) is 5.01 Å². The summed E-state index contributed by atoms with van der Waals surface area (Å²) in [4.78, 5) is 19.3. The van der Waals surface area contributed by atoms with Crippen LogP contribution in [0, 0.1) is 6.92 Å². The second-order valence-corrected chi connectivity index (χ2v) is 10.1. The zero-order chi connectivity index (χ0) is 22.2. The van der Waals surface area contributed by atoms with Gasteiger partial charge >= 0.3 is 0 Å². The molecule has 0 radical (unpaired) electrons. The Morgan fingerprint density at radius 3 is 2.52 bits per heavy atom. The van der Waals surface area contributed by atoms with E-state index in [4.69, 9.17) is 10.1 Å². The van der Waals surface area contributed by atoms with E-state index >= 15 is 0 Å². The third kappa shape index (κ3) is 4.72. The number of likely N-dealkylation sites (tertiary alicyclic amines) is 1. The molecule has 0 bridgehead atoms. The molecule has 1 fully saturated rings. The van der Waals surface area contributed by atoms with Crippen LogP contribution in [0.4, 0.5) is 0 Å². The molecule has 0 spiro atoms. The molecule has 0 atom stereocenters. The number of carbonyl (C=O) groups excluding carboxylic acids is 1. The van der Waals surface area contributed by atoms with Gasteiger partial charge in [0.05, 0.1) is 41.2 Å². The van der Waals surface area contributed by atoms with Crippen molar-refractivity contribution < 1.29 is 9.90 Å². The van der Waals surface area contributed by atoms with E-state index < -0.39 is 0 Å². The molecule has 1 aliphatic heterocycles. The molecule has 164 valence electrons. The molecule has 1 saturated heterocycles. The van der Waals surface area contributed by atoms with Crippen LogP contribution in [0.3, 0.4) is 0 Å². The zero-order valence-corrected chi connectivity index (χ0v) is 19.4. The van der Waals surface area contributed by atoms with Gasteiger partial charge in [0.25, 0.3) is 0 Å². The van der Waals surface area contributed by atoms with Gasteiger partial charge in [-0.05, 0) is 40.5 Å². The minimum Gasteiger partial charge on any atom is -0.393 e. The Hall–Kier alpha value is -2.51. The summed E-state index contributed by atoms with van der Waals surface area (Å²) < 4.78 is 2.05. The van der Waals surface area contributed by atoms with Gasteiger partial charge in [-0.2, -0.15) is 5.10 Å². The van der Waals surface area contributed by atoms with Gasteiger partial charge in [0.15, 0.2) is 0 Å². The maximum atomic E-state index is 12.7. The molecular formula is C24H30N4O2S. The van der Waals surface area contributed by atoms with Crippen LogP contribution in [-0.4, -0.2) is 49.9 Å². The van der Waals surface area contributed by atoms with Crippen LogP contribution in [0.15, 0.2) is 35.8 Å². The van der Waals surface area contributed by atoms with Crippen LogP contribution in [0.2, 0.25) is 0 Å². The van der Waals surface area contributed by atoms with Crippen molar-refractivity contribution in [3.63, 3.8) is 0 Å². The number of hydrogen-bond acceptors (Lipinski definition) is 5. The van der Waals surface area contributed by atoms with Crippen LogP contribution >= 0.6 is 11.3 Å². The molecule has 7 heteroatoms. The highest BCUT2D eigenvalue weighted by molar-refractivity contribution is 7.13. The molecule has 1 aliphatic rings. The van der Waals surface area contributed by atoms with E-state index in [9.17, 15) is 9.90 Å². The van der Waals surface area contributed by atoms with Crippen molar-refractivity contribution in [1.29, 1.82) is 0 Å². The summed E-state index contributed by atoms with van der Waals surface area (Å²) in [5.74, 6) is 0.0768. The maximum absolute atomic E-state index is 12.7. The quantitative estimate of drug-likeness (QED) is 0.661. The molecule has 4 rings (SSSR count). The minimum absolute atomic E-state index is 0.0768. The molecular weight excluding hydrogens is 408 g/mol. The standard InChI is InChI=1S/C24H30N4O2S/c1-16-5-7-17(8-6-16)22-20(14-25-28(22)24(2,3)4)23-26-18(15-31-23)13-21(30)27-11-9-19(29)10-12-27/h5-8,14-15,19,29H,9-13H2,1-4H3. The lowest BCUT2D eigenvalue weighted by Crippen LogP contribution is -2.40. The summed E-state index contributed by atoms with van der Waals surface area (Å²) in [5, 5.41) is 17.2. The molecule has 2 aromatic heterocycles. The lowest BCUT2D eigenvalue weighted by Gasteiger charge is -2.29. The highest BCUT2D eigenvalue weighted by atomic mass is 32.1. The Kier molecular flexibility index (Phi) is 5.99. The molecule has 0 saturated carbocycles. The fourth-order valence-electron chi connectivity index (χ4n) is 3.90. The van der Waals surface area contributed by atoms with Crippen molar-refractivity contribution in [3.8, 4) is 21.8 Å². The monoisotopic (exact) mass is 438 g/mol. The first-order valence-corrected chi connectivity index (χ1v) is 11.7. The number of nitrogens with zero attached hydrogens (tertiary/aromatic N) is 4. The molecule has 3 aromatic rings. The third-order valence-electron chi connectivity index (χ3n) is 5.66. The van der Waals surface area contributed by atoms with Crippen molar-refractivity contribution in [1.82, 2.24) is 19.7 Å². The van der Waals surface area contributed by atoms with E-state index in [1.807, 2.05) is 16.5 Å². The SMILES string of the molecule is Cc1ccc(-c2c(-c3nc(CC(=O)N4CCC(O)CC4)cs3)cnn2C(C)(C)C)cc1. The fourth-order valence-corrected chi connectivity index (χ4v) is 4.73. The first-order valence-electron chi connectivity index (χ1n) is 10.8. The first-order chi connectivity index (χ1) is 14.7. The van der Waals surface area contributed by atoms with Crippen LogP contribution in [-0.2, 0) is 16.8 Å². The van der Waals surface area contributed by atoms with Crippen LogP contribution in [0.5, 0.6) is 0 Å². The number of carbonyl (C=O) groups is 1. The number of aryl methyl sites for hydroxylation is 1. The van der Waals surface area contributed by atoms with Gasteiger partial charge in [0, 0.05) is 24.0 Å². The summed E-state index contributed by atoms with van der Waals surface area (Å²) in [5.41, 5.74) is 4.97. The lowest BCUT2D eigenvalue weighted by molar-refractivity contribution is -0.132. The number of aliphatic hydroxyl groups excluding tert-OH is 1. The number of piperidine rings is 1. The van der Waals surface area contributed by atoms with Crippen LogP contribution in [0.25, 0.3) is 21.8 Å². The molecule has 31 heavy (non-hydrogen) atoms. The van der Waals surface area contributed by atoms with E-state index in [-0.39, 0.29) is 17.6 Å². The maximum Gasteiger partial charge on any atom is 0.228 e. The second kappa shape index (κ2) is 8.55. The van der Waals surface area contributed by atoms with Gasteiger partial charge in [-0.25, -0.2) is 4.98 Å². The topological polar surface area (TPSA) is 71.2 Å². The zero-order valence-electron chi connectivity index (χ0n) is 18.6. The predicted octanol–water partition coefficient (Wildman–Crippen LogP) is 4.26. The Balaban J connectivity index is 1.62. The van der Waals surface area contributed by atoms with Crippen molar-refractivity contribution in [2.75, 3.05) is 13.1 Å². The molecule has 0 aliphatic carbocycles. The average Bonchev–Trinajstić information content (AvgIpc) is 3.36. The third-order valence-corrected chi connectivity index (χ3v) is 6.59. The van der Waals surface area contributed by atoms with Crippen LogP contribution < -0.4 is 0 Å². The van der Waals surface area contributed by atoms with Gasteiger partial charge < -0.3 is 10.0 Å². The van der Waals surface area contributed by atoms with Crippen molar-refractivity contribution in [2.24, 2.45) is 0 Å². The summed E-state index contributed by atoms with van der Waals surface area (Å²) in [6, 6.07) is 8.48. The summed E-state index contributed by atoms with van der Waals surface area (Å²) in [7, 11) is 0. The number of rotatable bonds is 4. The van der Waals surface area contributed by atoms with E-state index in [1.165, 1.54) is 5.56 Å². The van der Waals surface area contributed by atoms with E-state index in [1.54, 1.807) is 11.3 Å². The van der Waals surface area contributed by atoms with E-state index in [0.717, 1.165) is 27.5 Å². The molecule has 6 nitrogen and oxygen atoms in total. The Morgan fingerprint density at radius 2 is 1.87 bits per heavy atom. The smallest absolute Gasteiger partial charge is 0.228 e. The predicted molar refractivity (Wildman–Crippen MR) is 124 cm³/mol. The fraction of sp³-hybridized carbons (Fsp3) is 0.458. The van der Waals surface area contributed by atoms with E-state index in [2.05, 4.69) is 56.6 Å². The Bertz CT molecular complexity index is 1050. The lowest BCUT2D eigenvalue weighted by atomic mass is 10.0. The number of benzene rings is 1. The van der Waals surface area contributed by atoms with Crippen LogP contribution in [0.1, 0.15) is 44.9 Å². The Morgan fingerprint density at radius 1 is 1.19 bits per heavy atom. The number of aromatic nitrogens is 3. The van der Waals surface area contributed by atoms with Gasteiger partial charge in [-0.3, -0.25) is 9.48 Å². The number of aliphatic hydroxyl groups is 1. The minimum atomic E-state index is -0.283. The Labute approximate surface area is 187 Å².